The predicted molar refractivity (Wildman–Crippen MR) is 86.2 cm³/mol. The van der Waals surface area contributed by atoms with Crippen molar-refractivity contribution in [2.24, 2.45) is 0 Å². The normalized spacial score (nSPS) is 12.9. The highest BCUT2D eigenvalue weighted by Gasteiger charge is 2.39. The first kappa shape index (κ1) is 16.7. The Balaban J connectivity index is 1.78. The van der Waals surface area contributed by atoms with Crippen LogP contribution in [0.5, 0.6) is 5.75 Å². The van der Waals surface area contributed by atoms with Gasteiger partial charge in [0.15, 0.2) is 0 Å². The van der Waals surface area contributed by atoms with E-state index >= 15 is 0 Å². The molecule has 0 N–H and O–H groups in total. The van der Waals surface area contributed by atoms with Crippen molar-refractivity contribution in [3.8, 4) is 5.75 Å². The van der Waals surface area contributed by atoms with Gasteiger partial charge in [0.05, 0.1) is 17.7 Å². The van der Waals surface area contributed by atoms with Crippen molar-refractivity contribution in [3.05, 3.63) is 65.2 Å². The van der Waals surface area contributed by atoms with Gasteiger partial charge in [-0.15, -0.1) is 0 Å². The first-order chi connectivity index (χ1) is 12.1. The maximum Gasteiger partial charge on any atom is 0.367 e. The third-order valence-corrected chi connectivity index (χ3v) is 3.58. The molecule has 7 heteroatoms. The van der Waals surface area contributed by atoms with E-state index in [0.29, 0.717) is 11.7 Å². The highest BCUT2D eigenvalue weighted by atomic mass is 16.7. The van der Waals surface area contributed by atoms with Crippen molar-refractivity contribution >= 4 is 17.8 Å². The van der Waals surface area contributed by atoms with Crippen LogP contribution in [0.15, 0.2) is 48.5 Å². The number of hydrogen-bond acceptors (Lipinski definition) is 6. The number of rotatable bonds is 6. The molecule has 1 aliphatic heterocycles. The van der Waals surface area contributed by atoms with E-state index in [-0.39, 0.29) is 29.0 Å². The van der Waals surface area contributed by atoms with Crippen LogP contribution in [-0.2, 0) is 9.57 Å². The summed E-state index contributed by atoms with van der Waals surface area (Å²) in [5, 5.41) is 0.471. The van der Waals surface area contributed by atoms with Gasteiger partial charge in [0, 0.05) is 7.11 Å². The maximum atomic E-state index is 12.4. The summed E-state index contributed by atoms with van der Waals surface area (Å²) in [7, 11) is 1.53. The molecule has 2 aromatic carbocycles. The third-order valence-electron chi connectivity index (χ3n) is 3.58. The van der Waals surface area contributed by atoms with Crippen LogP contribution in [0, 0.1) is 0 Å². The lowest BCUT2D eigenvalue weighted by Crippen LogP contribution is -2.32. The van der Waals surface area contributed by atoms with Crippen molar-refractivity contribution in [3.63, 3.8) is 0 Å². The number of ether oxygens (including phenoxy) is 2. The number of methoxy groups -OCH3 is 1. The van der Waals surface area contributed by atoms with Gasteiger partial charge in [-0.1, -0.05) is 29.3 Å². The van der Waals surface area contributed by atoms with Crippen molar-refractivity contribution in [1.29, 1.82) is 0 Å². The number of carbonyl (C=O) groups excluding carboxylic acids is 3. The van der Waals surface area contributed by atoms with Gasteiger partial charge in [0.1, 0.15) is 17.9 Å². The molecule has 0 aliphatic carbocycles. The van der Waals surface area contributed by atoms with E-state index in [4.69, 9.17) is 14.3 Å². The summed E-state index contributed by atoms with van der Waals surface area (Å²) in [6.45, 7) is 0.593. The molecule has 1 aliphatic rings. The molecule has 0 bridgehead atoms. The Morgan fingerprint density at radius 3 is 2.16 bits per heavy atom. The second kappa shape index (κ2) is 7.14. The standard InChI is InChI=1S/C18H15NO6/c1-23-10-11-24-15-9-5-4-8-14(15)18(22)25-19-16(20)12-6-2-3-7-13(12)17(19)21/h2-9H,10-11H2,1H3. The monoisotopic (exact) mass is 341 g/mol. The zero-order valence-corrected chi connectivity index (χ0v) is 13.4. The van der Waals surface area contributed by atoms with E-state index in [9.17, 15) is 14.4 Å². The van der Waals surface area contributed by atoms with Gasteiger partial charge in [-0.05, 0) is 24.3 Å². The van der Waals surface area contributed by atoms with Gasteiger partial charge < -0.3 is 14.3 Å². The number of nitrogens with zero attached hydrogens (tertiary/aromatic N) is 1. The highest BCUT2D eigenvalue weighted by molar-refractivity contribution is 6.21. The summed E-state index contributed by atoms with van der Waals surface area (Å²) in [5.74, 6) is -1.93. The van der Waals surface area contributed by atoms with Crippen molar-refractivity contribution in [1.82, 2.24) is 5.06 Å². The Labute approximate surface area is 143 Å². The molecule has 0 unspecified atom stereocenters. The van der Waals surface area contributed by atoms with E-state index in [0.717, 1.165) is 0 Å². The van der Waals surface area contributed by atoms with Crippen molar-refractivity contribution in [2.45, 2.75) is 0 Å². The number of hydrogen-bond donors (Lipinski definition) is 0. The van der Waals surface area contributed by atoms with Crippen molar-refractivity contribution in [2.75, 3.05) is 20.3 Å². The van der Waals surface area contributed by atoms with Crippen LogP contribution in [0.4, 0.5) is 0 Å². The third kappa shape index (κ3) is 3.22. The fraction of sp³-hybridized carbons (Fsp3) is 0.167. The zero-order valence-electron chi connectivity index (χ0n) is 13.4. The molecule has 0 atom stereocenters. The number of carbonyl (C=O) groups is 3. The predicted octanol–water partition coefficient (Wildman–Crippen LogP) is 2.08. The molecule has 128 valence electrons. The van der Waals surface area contributed by atoms with Crippen LogP contribution in [0.3, 0.4) is 0 Å². The molecule has 0 saturated carbocycles. The van der Waals surface area contributed by atoms with Gasteiger partial charge in [-0.3, -0.25) is 9.59 Å². The second-order valence-corrected chi connectivity index (χ2v) is 5.17. The Morgan fingerprint density at radius 1 is 0.920 bits per heavy atom. The highest BCUT2D eigenvalue weighted by Crippen LogP contribution is 2.25. The number of benzene rings is 2. The lowest BCUT2D eigenvalue weighted by atomic mass is 10.1. The molecule has 25 heavy (non-hydrogen) atoms. The van der Waals surface area contributed by atoms with E-state index < -0.39 is 17.8 Å². The smallest absolute Gasteiger partial charge is 0.367 e. The van der Waals surface area contributed by atoms with Crippen LogP contribution in [0.2, 0.25) is 0 Å². The van der Waals surface area contributed by atoms with Gasteiger partial charge in [0.25, 0.3) is 11.8 Å². The molecule has 0 spiro atoms. The largest absolute Gasteiger partial charge is 0.490 e. The number of fused-ring (bicyclic) bond motifs is 1. The second-order valence-electron chi connectivity index (χ2n) is 5.17. The summed E-state index contributed by atoms with van der Waals surface area (Å²) in [6.07, 6.45) is 0. The number of imide groups is 1. The molecule has 0 radical (unpaired) electrons. The summed E-state index contributed by atoms with van der Waals surface area (Å²) in [6, 6.07) is 12.7. The Hall–Kier alpha value is -3.19. The molecule has 0 aromatic heterocycles. The van der Waals surface area contributed by atoms with Gasteiger partial charge in [-0.2, -0.15) is 0 Å². The zero-order chi connectivity index (χ0) is 17.8. The van der Waals surface area contributed by atoms with Crippen molar-refractivity contribution < 1.29 is 28.7 Å². The fourth-order valence-electron chi connectivity index (χ4n) is 2.38. The van der Waals surface area contributed by atoms with E-state index in [1.54, 1.807) is 30.3 Å². The van der Waals surface area contributed by atoms with Crippen LogP contribution in [0.1, 0.15) is 31.1 Å². The number of hydroxylamine groups is 2. The summed E-state index contributed by atoms with van der Waals surface area (Å²) in [4.78, 5) is 42.0. The van der Waals surface area contributed by atoms with Gasteiger partial charge >= 0.3 is 5.97 Å². The quantitative estimate of drug-likeness (QED) is 0.591. The Bertz CT molecular complexity index is 797. The lowest BCUT2D eigenvalue weighted by Gasteiger charge is -2.14. The van der Waals surface area contributed by atoms with Gasteiger partial charge in [-0.25, -0.2) is 4.79 Å². The number of para-hydroxylation sites is 1. The molecular formula is C18H15NO6. The van der Waals surface area contributed by atoms with Crippen LogP contribution in [0.25, 0.3) is 0 Å². The molecule has 0 fully saturated rings. The Kier molecular flexibility index (Phi) is 4.76. The average Bonchev–Trinajstić information content (AvgIpc) is 2.87. The van der Waals surface area contributed by atoms with E-state index in [2.05, 4.69) is 0 Å². The van der Waals surface area contributed by atoms with Crippen LogP contribution in [-0.4, -0.2) is 43.2 Å². The minimum atomic E-state index is -0.859. The maximum absolute atomic E-state index is 12.4. The lowest BCUT2D eigenvalue weighted by molar-refractivity contribution is -0.0586. The van der Waals surface area contributed by atoms with E-state index in [1.165, 1.54) is 25.3 Å². The fourth-order valence-corrected chi connectivity index (χ4v) is 2.38. The molecular weight excluding hydrogens is 326 g/mol. The molecule has 2 amide bonds. The minimum Gasteiger partial charge on any atom is -0.490 e. The first-order valence-electron chi connectivity index (χ1n) is 7.54. The topological polar surface area (TPSA) is 82.1 Å². The SMILES string of the molecule is COCCOc1ccccc1C(=O)ON1C(=O)c2ccccc2C1=O. The minimum absolute atomic E-state index is 0.107. The van der Waals surface area contributed by atoms with Gasteiger partial charge in [0.2, 0.25) is 0 Å². The molecule has 3 rings (SSSR count). The van der Waals surface area contributed by atoms with Crippen LogP contribution >= 0.6 is 0 Å². The molecule has 0 saturated heterocycles. The number of amides is 2. The molecule has 1 heterocycles. The summed E-state index contributed by atoms with van der Waals surface area (Å²) < 4.78 is 10.4. The first-order valence-corrected chi connectivity index (χ1v) is 7.54. The van der Waals surface area contributed by atoms with E-state index in [1.807, 2.05) is 0 Å². The molecule has 7 nitrogen and oxygen atoms in total. The summed E-state index contributed by atoms with van der Waals surface area (Å²) in [5.41, 5.74) is 0.505. The van der Waals surface area contributed by atoms with Crippen LogP contribution < -0.4 is 4.74 Å². The Morgan fingerprint density at radius 2 is 1.52 bits per heavy atom. The summed E-state index contributed by atoms with van der Waals surface area (Å²) >= 11 is 0. The molecule has 2 aromatic rings. The average molecular weight is 341 g/mol.